The first-order valence-corrected chi connectivity index (χ1v) is 5.86. The number of halogens is 1. The number of aromatic nitrogens is 2. The number of hydrogen-bond acceptors (Lipinski definition) is 1. The molecule has 0 aliphatic heterocycles. The van der Waals surface area contributed by atoms with Gasteiger partial charge >= 0.3 is 0 Å². The highest BCUT2D eigenvalue weighted by Crippen LogP contribution is 2.20. The molecule has 0 amide bonds. The largest absolute Gasteiger partial charge is 0.346 e. The second-order valence-corrected chi connectivity index (χ2v) is 4.45. The number of pyridine rings is 1. The molecule has 1 aromatic carbocycles. The molecule has 84 valence electrons. The molecule has 0 saturated heterocycles. The van der Waals surface area contributed by atoms with Crippen LogP contribution in [0.1, 0.15) is 11.1 Å². The second-order valence-electron chi connectivity index (χ2n) is 4.02. The maximum atomic E-state index is 5.87. The highest BCUT2D eigenvalue weighted by molar-refractivity contribution is 6.30. The SMILES string of the molecule is Clc1ccc(Cc2c[nH]c3ncccc23)cc1. The minimum Gasteiger partial charge on any atom is -0.346 e. The van der Waals surface area contributed by atoms with Gasteiger partial charge in [0, 0.05) is 22.8 Å². The smallest absolute Gasteiger partial charge is 0.137 e. The van der Waals surface area contributed by atoms with Crippen LogP contribution in [-0.4, -0.2) is 9.97 Å². The quantitative estimate of drug-likeness (QED) is 0.727. The van der Waals surface area contributed by atoms with Crippen molar-refractivity contribution in [3.63, 3.8) is 0 Å². The van der Waals surface area contributed by atoms with E-state index in [0.29, 0.717) is 0 Å². The number of rotatable bonds is 2. The van der Waals surface area contributed by atoms with Crippen molar-refractivity contribution in [2.75, 3.05) is 0 Å². The van der Waals surface area contributed by atoms with Crippen LogP contribution in [0.2, 0.25) is 5.02 Å². The van der Waals surface area contributed by atoms with E-state index in [1.54, 1.807) is 6.20 Å². The average Bonchev–Trinajstić information content (AvgIpc) is 2.76. The topological polar surface area (TPSA) is 28.7 Å². The third-order valence-electron chi connectivity index (χ3n) is 2.84. The van der Waals surface area contributed by atoms with Crippen molar-refractivity contribution < 1.29 is 0 Å². The van der Waals surface area contributed by atoms with Crippen LogP contribution < -0.4 is 0 Å². The van der Waals surface area contributed by atoms with Gasteiger partial charge in [-0.05, 0) is 41.8 Å². The number of benzene rings is 1. The molecule has 2 heterocycles. The Morgan fingerprint density at radius 2 is 1.94 bits per heavy atom. The van der Waals surface area contributed by atoms with E-state index in [4.69, 9.17) is 11.6 Å². The predicted molar refractivity (Wildman–Crippen MR) is 70.4 cm³/mol. The third kappa shape index (κ3) is 2.04. The average molecular weight is 243 g/mol. The van der Waals surface area contributed by atoms with Crippen molar-refractivity contribution in [3.8, 4) is 0 Å². The summed E-state index contributed by atoms with van der Waals surface area (Å²) in [5, 5.41) is 1.96. The van der Waals surface area contributed by atoms with Crippen molar-refractivity contribution >= 4 is 22.6 Å². The zero-order valence-corrected chi connectivity index (χ0v) is 9.91. The molecule has 0 bridgehead atoms. The van der Waals surface area contributed by atoms with Crippen molar-refractivity contribution in [2.24, 2.45) is 0 Å². The highest BCUT2D eigenvalue weighted by atomic mass is 35.5. The van der Waals surface area contributed by atoms with Gasteiger partial charge in [0.2, 0.25) is 0 Å². The lowest BCUT2D eigenvalue weighted by atomic mass is 10.1. The molecule has 0 aliphatic carbocycles. The fraction of sp³-hybridized carbons (Fsp3) is 0.0714. The maximum absolute atomic E-state index is 5.87. The van der Waals surface area contributed by atoms with Gasteiger partial charge < -0.3 is 4.98 Å². The van der Waals surface area contributed by atoms with Gasteiger partial charge in [-0.15, -0.1) is 0 Å². The Morgan fingerprint density at radius 1 is 1.12 bits per heavy atom. The van der Waals surface area contributed by atoms with E-state index in [2.05, 4.69) is 28.2 Å². The number of H-pyrrole nitrogens is 1. The molecule has 0 saturated carbocycles. The molecule has 1 N–H and O–H groups in total. The number of nitrogens with zero attached hydrogens (tertiary/aromatic N) is 1. The molecular weight excluding hydrogens is 232 g/mol. The lowest BCUT2D eigenvalue weighted by Gasteiger charge is -2.00. The van der Waals surface area contributed by atoms with Crippen molar-refractivity contribution in [1.82, 2.24) is 9.97 Å². The van der Waals surface area contributed by atoms with Crippen LogP contribution >= 0.6 is 11.6 Å². The summed E-state index contributed by atoms with van der Waals surface area (Å²) in [6.45, 7) is 0. The number of aromatic amines is 1. The third-order valence-corrected chi connectivity index (χ3v) is 3.10. The Morgan fingerprint density at radius 3 is 2.76 bits per heavy atom. The van der Waals surface area contributed by atoms with E-state index < -0.39 is 0 Å². The molecule has 3 aromatic rings. The Labute approximate surface area is 104 Å². The molecule has 17 heavy (non-hydrogen) atoms. The molecule has 0 atom stereocenters. The van der Waals surface area contributed by atoms with Crippen LogP contribution in [0.15, 0.2) is 48.8 Å². The van der Waals surface area contributed by atoms with Gasteiger partial charge in [0.1, 0.15) is 5.65 Å². The van der Waals surface area contributed by atoms with E-state index in [1.807, 2.05) is 24.4 Å². The van der Waals surface area contributed by atoms with Gasteiger partial charge in [0.05, 0.1) is 0 Å². The summed E-state index contributed by atoms with van der Waals surface area (Å²) in [6.07, 6.45) is 4.71. The highest BCUT2D eigenvalue weighted by Gasteiger charge is 2.04. The molecule has 3 heteroatoms. The number of nitrogens with one attached hydrogen (secondary N) is 1. The zero-order valence-electron chi connectivity index (χ0n) is 9.15. The molecule has 2 aromatic heterocycles. The van der Waals surface area contributed by atoms with Gasteiger partial charge in [-0.25, -0.2) is 4.98 Å². The predicted octanol–water partition coefficient (Wildman–Crippen LogP) is 3.81. The lowest BCUT2D eigenvalue weighted by Crippen LogP contribution is -1.86. The van der Waals surface area contributed by atoms with Gasteiger partial charge in [-0.3, -0.25) is 0 Å². The van der Waals surface area contributed by atoms with E-state index in [1.165, 1.54) is 16.5 Å². The van der Waals surface area contributed by atoms with Crippen LogP contribution in [0, 0.1) is 0 Å². The van der Waals surface area contributed by atoms with Crippen molar-refractivity contribution in [1.29, 1.82) is 0 Å². The first-order chi connectivity index (χ1) is 8.33. The van der Waals surface area contributed by atoms with Gasteiger partial charge in [-0.2, -0.15) is 0 Å². The summed E-state index contributed by atoms with van der Waals surface area (Å²) in [4.78, 5) is 7.46. The van der Waals surface area contributed by atoms with E-state index in [0.717, 1.165) is 17.1 Å². The second kappa shape index (κ2) is 4.22. The van der Waals surface area contributed by atoms with Gasteiger partial charge in [0.25, 0.3) is 0 Å². The molecule has 0 spiro atoms. The summed E-state index contributed by atoms with van der Waals surface area (Å²) in [6, 6.07) is 12.0. The molecule has 0 radical (unpaired) electrons. The number of fused-ring (bicyclic) bond motifs is 1. The Balaban J connectivity index is 1.97. The summed E-state index contributed by atoms with van der Waals surface area (Å²) in [5.74, 6) is 0. The zero-order chi connectivity index (χ0) is 11.7. The van der Waals surface area contributed by atoms with E-state index in [-0.39, 0.29) is 0 Å². The molecule has 0 unspecified atom stereocenters. The van der Waals surface area contributed by atoms with Crippen LogP contribution in [-0.2, 0) is 6.42 Å². The monoisotopic (exact) mass is 242 g/mol. The molecule has 0 fully saturated rings. The standard InChI is InChI=1S/C14H11ClN2/c15-12-5-3-10(4-6-12)8-11-9-17-14-13(11)2-1-7-16-14/h1-7,9H,8H2,(H,16,17). The van der Waals surface area contributed by atoms with E-state index >= 15 is 0 Å². The maximum Gasteiger partial charge on any atom is 0.137 e. The number of hydrogen-bond donors (Lipinski definition) is 1. The Hall–Kier alpha value is -1.80. The summed E-state index contributed by atoms with van der Waals surface area (Å²) < 4.78 is 0. The Kier molecular flexibility index (Phi) is 2.57. The van der Waals surface area contributed by atoms with Crippen LogP contribution in [0.5, 0.6) is 0 Å². The summed E-state index contributed by atoms with van der Waals surface area (Å²) >= 11 is 5.87. The van der Waals surface area contributed by atoms with Crippen LogP contribution in [0.4, 0.5) is 0 Å². The van der Waals surface area contributed by atoms with Crippen molar-refractivity contribution in [3.05, 3.63) is 64.9 Å². The van der Waals surface area contributed by atoms with Crippen molar-refractivity contribution in [2.45, 2.75) is 6.42 Å². The minimum atomic E-state index is 0.773. The summed E-state index contributed by atoms with van der Waals surface area (Å²) in [5.41, 5.74) is 3.45. The van der Waals surface area contributed by atoms with Gasteiger partial charge in [0.15, 0.2) is 0 Å². The van der Waals surface area contributed by atoms with E-state index in [9.17, 15) is 0 Å². The lowest BCUT2D eigenvalue weighted by molar-refractivity contribution is 1.21. The molecule has 3 rings (SSSR count). The normalized spacial score (nSPS) is 10.9. The minimum absolute atomic E-state index is 0.773. The van der Waals surface area contributed by atoms with Gasteiger partial charge in [-0.1, -0.05) is 23.7 Å². The Bertz CT molecular complexity index is 641. The molecule has 0 aliphatic rings. The fourth-order valence-electron chi connectivity index (χ4n) is 1.98. The first-order valence-electron chi connectivity index (χ1n) is 5.48. The van der Waals surface area contributed by atoms with Crippen LogP contribution in [0.3, 0.4) is 0 Å². The summed E-state index contributed by atoms with van der Waals surface area (Å²) in [7, 11) is 0. The van der Waals surface area contributed by atoms with Crippen LogP contribution in [0.25, 0.3) is 11.0 Å². The molecule has 2 nitrogen and oxygen atoms in total. The fourth-order valence-corrected chi connectivity index (χ4v) is 2.11. The molecular formula is C14H11ClN2. The first kappa shape index (κ1) is 10.4.